The molecule has 0 heterocycles. The standard InChI is InChI=1S/C14H23N2O4S/c1-11(2)20-13-6-5-12(9-14(13)19-3)10-15-7-8-16-21(4,17)18/h5-6,9,11,15H,7-8,10H2,1-4H3/q-1/p+1. The summed E-state index contributed by atoms with van der Waals surface area (Å²) >= 11 is 0. The van der Waals surface area contributed by atoms with Crippen molar-refractivity contribution >= 4 is 10.0 Å². The van der Waals surface area contributed by atoms with Crippen LogP contribution in [0.5, 0.6) is 11.5 Å². The predicted octanol–water partition coefficient (Wildman–Crippen LogP) is 0.879. The minimum absolute atomic E-state index is 0.0916. The molecule has 0 aliphatic rings. The van der Waals surface area contributed by atoms with Crippen LogP contribution in [0.1, 0.15) is 19.4 Å². The van der Waals surface area contributed by atoms with Gasteiger partial charge in [-0.15, -0.1) is 0 Å². The monoisotopic (exact) mass is 316 g/mol. The van der Waals surface area contributed by atoms with Gasteiger partial charge in [0.05, 0.1) is 29.8 Å². The molecule has 0 aromatic heterocycles. The van der Waals surface area contributed by atoms with Crippen molar-refractivity contribution in [3.8, 4) is 11.5 Å². The SMILES string of the molecule is COc1cc(C[NH2+]CC[N-]S(C)(=O)=O)ccc1OC(C)C. The van der Waals surface area contributed by atoms with Gasteiger partial charge in [-0.2, -0.15) is 0 Å². The highest BCUT2D eigenvalue weighted by Gasteiger charge is 2.08. The minimum Gasteiger partial charge on any atom is -0.545 e. The van der Waals surface area contributed by atoms with E-state index in [9.17, 15) is 8.42 Å². The van der Waals surface area contributed by atoms with Crippen molar-refractivity contribution in [2.45, 2.75) is 26.5 Å². The molecule has 1 aromatic rings. The molecule has 1 rings (SSSR count). The summed E-state index contributed by atoms with van der Waals surface area (Å²) < 4.78 is 36.3. The number of hydrogen-bond donors (Lipinski definition) is 1. The van der Waals surface area contributed by atoms with Crippen LogP contribution in [-0.2, 0) is 16.6 Å². The van der Waals surface area contributed by atoms with Gasteiger partial charge in [0.15, 0.2) is 11.5 Å². The van der Waals surface area contributed by atoms with Gasteiger partial charge in [0, 0.05) is 11.8 Å². The Morgan fingerprint density at radius 3 is 2.57 bits per heavy atom. The lowest BCUT2D eigenvalue weighted by atomic mass is 10.2. The zero-order valence-corrected chi connectivity index (χ0v) is 13.8. The van der Waals surface area contributed by atoms with Crippen molar-refractivity contribution in [3.63, 3.8) is 0 Å². The third-order valence-electron chi connectivity index (χ3n) is 2.63. The fourth-order valence-electron chi connectivity index (χ4n) is 1.77. The molecule has 7 heteroatoms. The normalized spacial score (nSPS) is 11.7. The summed E-state index contributed by atoms with van der Waals surface area (Å²) in [4.78, 5) is 0. The van der Waals surface area contributed by atoms with Gasteiger partial charge in [-0.25, -0.2) is 8.42 Å². The maximum Gasteiger partial charge on any atom is 0.161 e. The van der Waals surface area contributed by atoms with Crippen LogP contribution >= 0.6 is 0 Å². The van der Waals surface area contributed by atoms with Crippen LogP contribution in [0.2, 0.25) is 0 Å². The van der Waals surface area contributed by atoms with E-state index in [4.69, 9.17) is 9.47 Å². The van der Waals surface area contributed by atoms with E-state index in [1.807, 2.05) is 37.4 Å². The predicted molar refractivity (Wildman–Crippen MR) is 82.3 cm³/mol. The van der Waals surface area contributed by atoms with Crippen molar-refractivity contribution in [1.82, 2.24) is 0 Å². The van der Waals surface area contributed by atoms with E-state index < -0.39 is 10.0 Å². The van der Waals surface area contributed by atoms with E-state index in [1.54, 1.807) is 7.11 Å². The third kappa shape index (κ3) is 7.31. The smallest absolute Gasteiger partial charge is 0.161 e. The van der Waals surface area contributed by atoms with Crippen molar-refractivity contribution in [3.05, 3.63) is 28.5 Å². The summed E-state index contributed by atoms with van der Waals surface area (Å²) in [7, 11) is -1.62. The quantitative estimate of drug-likeness (QED) is 0.686. The van der Waals surface area contributed by atoms with Gasteiger partial charge >= 0.3 is 0 Å². The molecule has 21 heavy (non-hydrogen) atoms. The van der Waals surface area contributed by atoms with Crippen LogP contribution in [-0.4, -0.2) is 41.0 Å². The summed E-state index contributed by atoms with van der Waals surface area (Å²) in [6.07, 6.45) is 1.19. The van der Waals surface area contributed by atoms with Gasteiger partial charge in [-0.3, -0.25) is 0 Å². The zero-order chi connectivity index (χ0) is 15.9. The molecule has 0 aliphatic heterocycles. The Hall–Kier alpha value is -1.31. The van der Waals surface area contributed by atoms with E-state index in [0.717, 1.165) is 24.1 Å². The van der Waals surface area contributed by atoms with Gasteiger partial charge in [0.1, 0.15) is 6.54 Å². The largest absolute Gasteiger partial charge is 0.545 e. The highest BCUT2D eigenvalue weighted by Crippen LogP contribution is 2.28. The second-order valence-corrected chi connectivity index (χ2v) is 6.74. The van der Waals surface area contributed by atoms with Gasteiger partial charge in [0.2, 0.25) is 0 Å². The fourth-order valence-corrected chi connectivity index (χ4v) is 2.21. The Bertz CT molecular complexity index is 544. The lowest BCUT2D eigenvalue weighted by Gasteiger charge is -2.16. The molecule has 0 atom stereocenters. The van der Waals surface area contributed by atoms with Crippen LogP contribution in [0.25, 0.3) is 4.72 Å². The number of nitrogens with two attached hydrogens (primary N) is 1. The fraction of sp³-hybridized carbons (Fsp3) is 0.571. The second kappa shape index (κ2) is 8.21. The maximum atomic E-state index is 10.9. The summed E-state index contributed by atoms with van der Waals surface area (Å²) in [5, 5.41) is 2.01. The molecule has 2 N–H and O–H groups in total. The van der Waals surface area contributed by atoms with Gasteiger partial charge in [0.25, 0.3) is 0 Å². The first kappa shape index (κ1) is 17.7. The molecule has 0 saturated heterocycles. The third-order valence-corrected chi connectivity index (χ3v) is 3.28. The Kier molecular flexibility index (Phi) is 6.94. The molecule has 0 amide bonds. The number of quaternary nitrogens is 1. The van der Waals surface area contributed by atoms with Crippen LogP contribution in [0.3, 0.4) is 0 Å². The molecular weight excluding hydrogens is 292 g/mol. The Morgan fingerprint density at radius 2 is 2.00 bits per heavy atom. The van der Waals surface area contributed by atoms with Crippen LogP contribution in [0, 0.1) is 0 Å². The molecule has 0 unspecified atom stereocenters. The van der Waals surface area contributed by atoms with E-state index in [2.05, 4.69) is 4.72 Å². The molecule has 0 bridgehead atoms. The topological polar surface area (TPSA) is 83.3 Å². The molecule has 120 valence electrons. The van der Waals surface area contributed by atoms with Crippen molar-refractivity contribution in [1.29, 1.82) is 0 Å². The van der Waals surface area contributed by atoms with E-state index >= 15 is 0 Å². The number of rotatable bonds is 9. The molecule has 0 aliphatic carbocycles. The van der Waals surface area contributed by atoms with Gasteiger partial charge < -0.3 is 19.5 Å². The number of hydrogen-bond acceptors (Lipinski definition) is 4. The van der Waals surface area contributed by atoms with Crippen molar-refractivity contribution < 1.29 is 23.2 Å². The summed E-state index contributed by atoms with van der Waals surface area (Å²) in [5.41, 5.74) is 1.09. The second-order valence-electron chi connectivity index (χ2n) is 5.02. The molecule has 0 saturated carbocycles. The zero-order valence-electron chi connectivity index (χ0n) is 13.0. The number of ether oxygens (including phenoxy) is 2. The highest BCUT2D eigenvalue weighted by atomic mass is 32.2. The number of methoxy groups -OCH3 is 1. The maximum absolute atomic E-state index is 10.9. The molecule has 0 radical (unpaired) electrons. The van der Waals surface area contributed by atoms with Gasteiger partial charge in [-0.05, 0) is 32.0 Å². The number of nitrogens with zero attached hydrogens (tertiary/aromatic N) is 1. The van der Waals surface area contributed by atoms with Crippen LogP contribution in [0.4, 0.5) is 0 Å². The Labute approximate surface area is 126 Å². The van der Waals surface area contributed by atoms with E-state index in [1.165, 1.54) is 0 Å². The minimum atomic E-state index is -3.23. The lowest BCUT2D eigenvalue weighted by Crippen LogP contribution is -2.83. The van der Waals surface area contributed by atoms with E-state index in [-0.39, 0.29) is 6.10 Å². The van der Waals surface area contributed by atoms with E-state index in [0.29, 0.717) is 18.8 Å². The van der Waals surface area contributed by atoms with Crippen molar-refractivity contribution in [2.75, 3.05) is 26.5 Å². The molecule has 0 fully saturated rings. The summed E-state index contributed by atoms with van der Waals surface area (Å²) in [6, 6.07) is 5.80. The first-order valence-corrected chi connectivity index (χ1v) is 8.70. The first-order chi connectivity index (χ1) is 9.81. The molecule has 0 spiro atoms. The Morgan fingerprint density at radius 1 is 1.29 bits per heavy atom. The molecule has 1 aromatic carbocycles. The average Bonchev–Trinajstić information content (AvgIpc) is 2.38. The highest BCUT2D eigenvalue weighted by molar-refractivity contribution is 7.93. The molecule has 6 nitrogen and oxygen atoms in total. The number of sulfonamides is 1. The Balaban J connectivity index is 2.49. The van der Waals surface area contributed by atoms with Crippen LogP contribution < -0.4 is 14.8 Å². The summed E-state index contributed by atoms with van der Waals surface area (Å²) in [5.74, 6) is 1.43. The number of benzene rings is 1. The van der Waals surface area contributed by atoms with Crippen molar-refractivity contribution in [2.24, 2.45) is 0 Å². The average molecular weight is 316 g/mol. The summed E-state index contributed by atoms with van der Waals surface area (Å²) in [6.45, 7) is 5.58. The van der Waals surface area contributed by atoms with Crippen LogP contribution in [0.15, 0.2) is 18.2 Å². The first-order valence-electron chi connectivity index (χ1n) is 6.86. The molecular formula is C14H24N2O4S. The lowest BCUT2D eigenvalue weighted by molar-refractivity contribution is -0.667. The van der Waals surface area contributed by atoms with Gasteiger partial charge in [-0.1, -0.05) is 6.54 Å².